The largest absolute Gasteiger partial charge is 0.349 e. The van der Waals surface area contributed by atoms with Gasteiger partial charge in [-0.15, -0.1) is 11.8 Å². The van der Waals surface area contributed by atoms with E-state index in [1.807, 2.05) is 31.2 Å². The lowest BCUT2D eigenvalue weighted by molar-refractivity contribution is -0.119. The number of benzene rings is 1. The molecular weight excluding hydrogens is 268 g/mol. The number of amides is 1. The van der Waals surface area contributed by atoms with Crippen molar-refractivity contribution in [3.8, 4) is 0 Å². The average Bonchev–Trinajstić information content (AvgIpc) is 2.47. The van der Waals surface area contributed by atoms with Crippen molar-refractivity contribution in [2.24, 2.45) is 0 Å². The summed E-state index contributed by atoms with van der Waals surface area (Å²) in [6.07, 6.45) is 3.47. The fraction of sp³-hybridized carbons (Fsp3) is 0.250. The molecule has 0 saturated carbocycles. The third-order valence-electron chi connectivity index (χ3n) is 2.97. The summed E-state index contributed by atoms with van der Waals surface area (Å²) >= 11 is 1.55. The van der Waals surface area contributed by atoms with Crippen molar-refractivity contribution in [3.05, 3.63) is 59.9 Å². The highest BCUT2D eigenvalue weighted by molar-refractivity contribution is 8.00. The Labute approximate surface area is 123 Å². The highest BCUT2D eigenvalue weighted by Crippen LogP contribution is 2.18. The van der Waals surface area contributed by atoms with E-state index < -0.39 is 0 Å². The maximum atomic E-state index is 11.9. The summed E-state index contributed by atoms with van der Waals surface area (Å²) < 4.78 is 0. The van der Waals surface area contributed by atoms with Gasteiger partial charge in [-0.3, -0.25) is 9.78 Å². The number of aryl methyl sites for hydroxylation is 1. The highest BCUT2D eigenvalue weighted by atomic mass is 32.2. The minimum Gasteiger partial charge on any atom is -0.349 e. The molecule has 0 bridgehead atoms. The zero-order valence-electron chi connectivity index (χ0n) is 11.7. The standard InChI is InChI=1S/C16H18N2OS/c1-12-3-5-15(6-4-12)20-11-16(19)18-13(2)14-7-9-17-10-8-14/h3-10,13H,11H2,1-2H3,(H,18,19)/t13-/m0/s1. The van der Waals surface area contributed by atoms with Gasteiger partial charge in [0, 0.05) is 17.3 Å². The lowest BCUT2D eigenvalue weighted by Gasteiger charge is -2.13. The summed E-state index contributed by atoms with van der Waals surface area (Å²) in [5, 5.41) is 2.99. The molecule has 0 radical (unpaired) electrons. The van der Waals surface area contributed by atoms with E-state index in [0.717, 1.165) is 10.5 Å². The molecule has 3 nitrogen and oxygen atoms in total. The van der Waals surface area contributed by atoms with Gasteiger partial charge in [-0.1, -0.05) is 17.7 Å². The Morgan fingerprint density at radius 1 is 1.20 bits per heavy atom. The van der Waals surface area contributed by atoms with Gasteiger partial charge in [0.15, 0.2) is 0 Å². The van der Waals surface area contributed by atoms with E-state index in [-0.39, 0.29) is 11.9 Å². The molecule has 0 saturated heterocycles. The molecule has 0 aliphatic rings. The van der Waals surface area contributed by atoms with Crippen LogP contribution in [-0.2, 0) is 4.79 Å². The Balaban J connectivity index is 1.82. The number of aromatic nitrogens is 1. The van der Waals surface area contributed by atoms with Gasteiger partial charge in [0.2, 0.25) is 5.91 Å². The van der Waals surface area contributed by atoms with Crippen molar-refractivity contribution >= 4 is 17.7 Å². The van der Waals surface area contributed by atoms with E-state index in [0.29, 0.717) is 5.75 Å². The number of hydrogen-bond donors (Lipinski definition) is 1. The van der Waals surface area contributed by atoms with Crippen LogP contribution in [0.15, 0.2) is 53.7 Å². The van der Waals surface area contributed by atoms with E-state index in [4.69, 9.17) is 0 Å². The Morgan fingerprint density at radius 2 is 1.85 bits per heavy atom. The van der Waals surface area contributed by atoms with Crippen LogP contribution in [0.5, 0.6) is 0 Å². The molecule has 1 aromatic carbocycles. The Morgan fingerprint density at radius 3 is 2.50 bits per heavy atom. The average molecular weight is 286 g/mol. The Bertz CT molecular complexity index is 554. The quantitative estimate of drug-likeness (QED) is 0.857. The minimum atomic E-state index is 0.00381. The molecule has 104 valence electrons. The Hall–Kier alpha value is -1.81. The molecule has 0 aliphatic heterocycles. The maximum absolute atomic E-state index is 11.9. The molecule has 1 atom stereocenters. The van der Waals surface area contributed by atoms with Crippen LogP contribution < -0.4 is 5.32 Å². The van der Waals surface area contributed by atoms with E-state index >= 15 is 0 Å². The number of carbonyl (C=O) groups excluding carboxylic acids is 1. The van der Waals surface area contributed by atoms with Crippen molar-refractivity contribution in [3.63, 3.8) is 0 Å². The van der Waals surface area contributed by atoms with Crippen LogP contribution in [0.4, 0.5) is 0 Å². The van der Waals surface area contributed by atoms with Crippen molar-refractivity contribution in [2.45, 2.75) is 24.8 Å². The van der Waals surface area contributed by atoms with Gasteiger partial charge in [-0.05, 0) is 43.7 Å². The molecule has 1 N–H and O–H groups in total. The molecule has 2 aromatic rings. The zero-order chi connectivity index (χ0) is 14.4. The van der Waals surface area contributed by atoms with Crippen LogP contribution in [0.2, 0.25) is 0 Å². The van der Waals surface area contributed by atoms with Crippen LogP contribution >= 0.6 is 11.8 Å². The van der Waals surface area contributed by atoms with E-state index in [1.165, 1.54) is 5.56 Å². The zero-order valence-corrected chi connectivity index (χ0v) is 12.5. The predicted molar refractivity (Wildman–Crippen MR) is 82.7 cm³/mol. The third-order valence-corrected chi connectivity index (χ3v) is 3.99. The summed E-state index contributed by atoms with van der Waals surface area (Å²) in [4.78, 5) is 17.0. The molecule has 1 amide bonds. The first kappa shape index (κ1) is 14.6. The second kappa shape index (κ2) is 7.10. The van der Waals surface area contributed by atoms with Gasteiger partial charge in [0.1, 0.15) is 0 Å². The molecule has 1 aromatic heterocycles. The fourth-order valence-corrected chi connectivity index (χ4v) is 2.51. The minimum absolute atomic E-state index is 0.00381. The molecule has 2 rings (SSSR count). The van der Waals surface area contributed by atoms with Gasteiger partial charge in [-0.25, -0.2) is 0 Å². The monoisotopic (exact) mass is 286 g/mol. The van der Waals surface area contributed by atoms with Gasteiger partial charge in [0.05, 0.1) is 11.8 Å². The Kier molecular flexibility index (Phi) is 5.18. The topological polar surface area (TPSA) is 42.0 Å². The molecule has 0 unspecified atom stereocenters. The van der Waals surface area contributed by atoms with Crippen LogP contribution in [0.25, 0.3) is 0 Å². The summed E-state index contributed by atoms with van der Waals surface area (Å²) in [6.45, 7) is 4.03. The highest BCUT2D eigenvalue weighted by Gasteiger charge is 2.09. The molecule has 4 heteroatoms. The summed E-state index contributed by atoms with van der Waals surface area (Å²) in [6, 6.07) is 12.0. The van der Waals surface area contributed by atoms with Gasteiger partial charge >= 0.3 is 0 Å². The molecule has 0 aliphatic carbocycles. The first-order valence-electron chi connectivity index (χ1n) is 6.54. The number of carbonyl (C=O) groups is 1. The number of nitrogens with zero attached hydrogens (tertiary/aromatic N) is 1. The van der Waals surface area contributed by atoms with E-state index in [2.05, 4.69) is 29.4 Å². The molecular formula is C16H18N2OS. The van der Waals surface area contributed by atoms with Gasteiger partial charge in [0.25, 0.3) is 0 Å². The molecule has 0 spiro atoms. The molecule has 0 fully saturated rings. The lowest BCUT2D eigenvalue weighted by atomic mass is 10.1. The summed E-state index contributed by atoms with van der Waals surface area (Å²) in [7, 11) is 0. The number of hydrogen-bond acceptors (Lipinski definition) is 3. The van der Waals surface area contributed by atoms with Crippen LogP contribution in [-0.4, -0.2) is 16.6 Å². The van der Waals surface area contributed by atoms with Crippen molar-refractivity contribution in [1.29, 1.82) is 0 Å². The van der Waals surface area contributed by atoms with Gasteiger partial charge in [-0.2, -0.15) is 0 Å². The maximum Gasteiger partial charge on any atom is 0.230 e. The second-order valence-electron chi connectivity index (χ2n) is 4.67. The van der Waals surface area contributed by atoms with Crippen molar-refractivity contribution in [2.75, 3.05) is 5.75 Å². The second-order valence-corrected chi connectivity index (χ2v) is 5.72. The van der Waals surface area contributed by atoms with Crippen molar-refractivity contribution in [1.82, 2.24) is 10.3 Å². The molecule has 20 heavy (non-hydrogen) atoms. The lowest BCUT2D eigenvalue weighted by Crippen LogP contribution is -2.28. The summed E-state index contributed by atoms with van der Waals surface area (Å²) in [5.74, 6) is 0.471. The summed E-state index contributed by atoms with van der Waals surface area (Å²) in [5.41, 5.74) is 2.29. The predicted octanol–water partition coefficient (Wildman–Crippen LogP) is 3.36. The number of rotatable bonds is 5. The molecule has 1 heterocycles. The number of pyridine rings is 1. The smallest absolute Gasteiger partial charge is 0.230 e. The SMILES string of the molecule is Cc1ccc(SCC(=O)N[C@@H](C)c2ccncc2)cc1. The van der Waals surface area contributed by atoms with Crippen LogP contribution in [0.3, 0.4) is 0 Å². The van der Waals surface area contributed by atoms with E-state index in [9.17, 15) is 4.79 Å². The van der Waals surface area contributed by atoms with Gasteiger partial charge < -0.3 is 5.32 Å². The fourth-order valence-electron chi connectivity index (χ4n) is 1.80. The van der Waals surface area contributed by atoms with E-state index in [1.54, 1.807) is 24.2 Å². The number of thioether (sulfide) groups is 1. The normalized spacial score (nSPS) is 11.9. The first-order valence-corrected chi connectivity index (χ1v) is 7.52. The number of nitrogens with one attached hydrogen (secondary N) is 1. The van der Waals surface area contributed by atoms with Crippen LogP contribution in [0, 0.1) is 6.92 Å². The van der Waals surface area contributed by atoms with Crippen LogP contribution in [0.1, 0.15) is 24.1 Å². The first-order chi connectivity index (χ1) is 9.65. The van der Waals surface area contributed by atoms with Crippen molar-refractivity contribution < 1.29 is 4.79 Å². The third kappa shape index (κ3) is 4.38.